The molecule has 1 amide bonds. The Morgan fingerprint density at radius 3 is 2.41 bits per heavy atom. The normalized spacial score (nSPS) is 18.2. The lowest BCUT2D eigenvalue weighted by Gasteiger charge is -2.29. The van der Waals surface area contributed by atoms with Gasteiger partial charge in [0.2, 0.25) is 5.91 Å². The maximum absolute atomic E-state index is 12.9. The van der Waals surface area contributed by atoms with Crippen LogP contribution in [0.5, 0.6) is 0 Å². The van der Waals surface area contributed by atoms with Crippen LogP contribution in [-0.4, -0.2) is 29.7 Å². The van der Waals surface area contributed by atoms with Gasteiger partial charge in [0.1, 0.15) is 5.92 Å². The van der Waals surface area contributed by atoms with Gasteiger partial charge in [-0.05, 0) is 11.6 Å². The van der Waals surface area contributed by atoms with E-state index in [-0.39, 0.29) is 6.54 Å². The summed E-state index contributed by atoms with van der Waals surface area (Å²) in [6.45, 7) is 1.78. The molecule has 0 aliphatic carbocycles. The first kappa shape index (κ1) is 16.3. The first-order valence-corrected chi connectivity index (χ1v) is 6.73. The Hall–Kier alpha value is -2.05. The zero-order valence-electron chi connectivity index (χ0n) is 12.1. The third kappa shape index (κ3) is 2.80. The van der Waals surface area contributed by atoms with E-state index in [4.69, 9.17) is 0 Å². The van der Waals surface area contributed by atoms with Crippen LogP contribution in [-0.2, 0) is 9.59 Å². The van der Waals surface area contributed by atoms with E-state index in [1.807, 2.05) is 0 Å². The van der Waals surface area contributed by atoms with Gasteiger partial charge in [-0.25, -0.2) is 0 Å². The molecule has 1 N–H and O–H groups in total. The summed E-state index contributed by atoms with van der Waals surface area (Å²) >= 11 is 0. The Labute approximate surface area is 125 Å². The maximum Gasteiger partial charge on any atom is 0.394 e. The number of fused-ring (bicyclic) bond motifs is 1. The smallest absolute Gasteiger partial charge is 0.394 e. The number of hydrogen-bond acceptors (Lipinski definition) is 2. The quantitative estimate of drug-likeness (QED) is 0.932. The molecule has 1 aromatic rings. The number of carbonyl (C=O) groups excluding carboxylic acids is 1. The van der Waals surface area contributed by atoms with Crippen molar-refractivity contribution >= 4 is 17.6 Å². The molecule has 1 aromatic carbocycles. The summed E-state index contributed by atoms with van der Waals surface area (Å²) in [5.74, 6) is -2.73. The molecule has 0 saturated carbocycles. The maximum atomic E-state index is 12.9. The van der Waals surface area contributed by atoms with Gasteiger partial charge in [-0.3, -0.25) is 9.59 Å². The van der Waals surface area contributed by atoms with E-state index in [1.54, 1.807) is 24.3 Å². The van der Waals surface area contributed by atoms with Crippen molar-refractivity contribution in [1.29, 1.82) is 0 Å². The largest absolute Gasteiger partial charge is 0.481 e. The molecule has 1 aliphatic rings. The van der Waals surface area contributed by atoms with Gasteiger partial charge >= 0.3 is 12.1 Å². The summed E-state index contributed by atoms with van der Waals surface area (Å²) in [6.07, 6.45) is -5.23. The summed E-state index contributed by atoms with van der Waals surface area (Å²) in [5.41, 5.74) is -1.34. The van der Waals surface area contributed by atoms with Crippen molar-refractivity contribution in [2.75, 3.05) is 11.4 Å². The van der Waals surface area contributed by atoms with Crippen molar-refractivity contribution in [3.8, 4) is 0 Å². The van der Waals surface area contributed by atoms with Gasteiger partial charge in [-0.15, -0.1) is 0 Å². The Morgan fingerprint density at radius 1 is 1.27 bits per heavy atom. The molecule has 1 unspecified atom stereocenters. The third-order valence-electron chi connectivity index (χ3n) is 3.93. The molecule has 0 bridgehead atoms. The van der Waals surface area contributed by atoms with Gasteiger partial charge in [0, 0.05) is 18.7 Å². The van der Waals surface area contributed by atoms with Gasteiger partial charge in [0.25, 0.3) is 0 Å². The minimum absolute atomic E-state index is 0.137. The van der Waals surface area contributed by atoms with Crippen molar-refractivity contribution < 1.29 is 27.9 Å². The molecule has 0 spiro atoms. The molecule has 1 atom stereocenters. The second-order valence-electron chi connectivity index (χ2n) is 6.01. The monoisotopic (exact) mass is 315 g/mol. The molecule has 0 aromatic heterocycles. The number of para-hydroxylation sites is 1. The van der Waals surface area contributed by atoms with E-state index in [2.05, 4.69) is 0 Å². The average Bonchev–Trinajstić information content (AvgIpc) is 2.76. The Balaban J connectivity index is 2.27. The summed E-state index contributed by atoms with van der Waals surface area (Å²) < 4.78 is 38.7. The molecule has 22 heavy (non-hydrogen) atoms. The average molecular weight is 315 g/mol. The molecule has 120 valence electrons. The predicted octanol–water partition coefficient (Wildman–Crippen LogP) is 3.18. The minimum atomic E-state index is -4.51. The zero-order valence-corrected chi connectivity index (χ0v) is 12.1. The first-order valence-electron chi connectivity index (χ1n) is 6.73. The third-order valence-corrected chi connectivity index (χ3v) is 3.93. The van der Waals surface area contributed by atoms with E-state index in [9.17, 15) is 27.9 Å². The fourth-order valence-corrected chi connectivity index (χ4v) is 2.43. The van der Waals surface area contributed by atoms with Crippen LogP contribution in [0.2, 0.25) is 0 Å². The molecule has 7 heteroatoms. The minimum Gasteiger partial charge on any atom is -0.481 e. The molecule has 1 heterocycles. The summed E-state index contributed by atoms with van der Waals surface area (Å²) in [5, 5.41) is 9.20. The molecule has 0 radical (unpaired) electrons. The number of alkyl halides is 3. The van der Waals surface area contributed by atoms with Gasteiger partial charge in [0.05, 0.1) is 5.41 Å². The number of benzene rings is 1. The van der Waals surface area contributed by atoms with Gasteiger partial charge in [-0.1, -0.05) is 32.0 Å². The van der Waals surface area contributed by atoms with Crippen molar-refractivity contribution in [3.63, 3.8) is 0 Å². The number of anilines is 1. The van der Waals surface area contributed by atoms with Crippen LogP contribution in [0, 0.1) is 5.41 Å². The predicted molar refractivity (Wildman–Crippen MR) is 73.6 cm³/mol. The number of halogens is 3. The van der Waals surface area contributed by atoms with Crippen LogP contribution < -0.4 is 4.90 Å². The Bertz CT molecular complexity index is 610. The highest BCUT2D eigenvalue weighted by molar-refractivity contribution is 5.99. The number of nitrogens with zero attached hydrogens (tertiary/aromatic N) is 1. The summed E-state index contributed by atoms with van der Waals surface area (Å²) in [7, 11) is 0. The molecule has 0 saturated heterocycles. The fourth-order valence-electron chi connectivity index (χ4n) is 2.43. The number of carboxylic acid groups (broad SMARTS) is 1. The number of carbonyl (C=O) groups is 2. The lowest BCUT2D eigenvalue weighted by atomic mass is 9.88. The standard InChI is InChI=1S/C15H16F3NO3/c1-14(2,15(16,17)18)7-12(20)19-8-10(13(21)22)9-5-3-4-6-11(9)19/h3-6,10H,7-8H2,1-2H3,(H,21,22). The first-order chi connectivity index (χ1) is 10.0. The number of rotatable bonds is 3. The van der Waals surface area contributed by atoms with Crippen LogP contribution in [0.3, 0.4) is 0 Å². The topological polar surface area (TPSA) is 57.6 Å². The summed E-state index contributed by atoms with van der Waals surface area (Å²) in [4.78, 5) is 24.7. The fraction of sp³-hybridized carbons (Fsp3) is 0.467. The van der Waals surface area contributed by atoms with Crippen molar-refractivity contribution in [3.05, 3.63) is 29.8 Å². The number of hydrogen-bond donors (Lipinski definition) is 1. The van der Waals surface area contributed by atoms with Gasteiger partial charge in [-0.2, -0.15) is 13.2 Å². The number of amides is 1. The summed E-state index contributed by atoms with van der Waals surface area (Å²) in [6, 6.07) is 6.40. The van der Waals surface area contributed by atoms with E-state index in [0.717, 1.165) is 18.7 Å². The molecular formula is C15H16F3NO3. The molecule has 2 rings (SSSR count). The van der Waals surface area contributed by atoms with Crippen molar-refractivity contribution in [1.82, 2.24) is 0 Å². The number of carboxylic acids is 1. The molecule has 0 fully saturated rings. The van der Waals surface area contributed by atoms with Crippen LogP contribution >= 0.6 is 0 Å². The highest BCUT2D eigenvalue weighted by atomic mass is 19.4. The van der Waals surface area contributed by atoms with Crippen LogP contribution in [0.25, 0.3) is 0 Å². The van der Waals surface area contributed by atoms with Crippen molar-refractivity contribution in [2.24, 2.45) is 5.41 Å². The lowest BCUT2D eigenvalue weighted by molar-refractivity contribution is -0.213. The molecular weight excluding hydrogens is 299 g/mol. The lowest BCUT2D eigenvalue weighted by Crippen LogP contribution is -2.40. The zero-order chi connectivity index (χ0) is 16.7. The van der Waals surface area contributed by atoms with Gasteiger partial charge in [0.15, 0.2) is 0 Å². The highest BCUT2D eigenvalue weighted by Gasteiger charge is 2.49. The second kappa shape index (κ2) is 5.30. The molecule has 1 aliphatic heterocycles. The van der Waals surface area contributed by atoms with E-state index < -0.39 is 35.8 Å². The van der Waals surface area contributed by atoms with E-state index >= 15 is 0 Å². The highest BCUT2D eigenvalue weighted by Crippen LogP contribution is 2.43. The Kier molecular flexibility index (Phi) is 3.93. The van der Waals surface area contributed by atoms with Crippen LogP contribution in [0.15, 0.2) is 24.3 Å². The number of aliphatic carboxylic acids is 1. The van der Waals surface area contributed by atoms with E-state index in [0.29, 0.717) is 11.3 Å². The van der Waals surface area contributed by atoms with Crippen molar-refractivity contribution in [2.45, 2.75) is 32.4 Å². The SMILES string of the molecule is CC(C)(CC(=O)N1CC(C(=O)O)c2ccccc21)C(F)(F)F. The van der Waals surface area contributed by atoms with Crippen LogP contribution in [0.4, 0.5) is 18.9 Å². The van der Waals surface area contributed by atoms with Crippen LogP contribution in [0.1, 0.15) is 31.7 Å². The van der Waals surface area contributed by atoms with E-state index in [1.165, 1.54) is 0 Å². The molecule has 4 nitrogen and oxygen atoms in total. The second-order valence-corrected chi connectivity index (χ2v) is 6.01. The van der Waals surface area contributed by atoms with Gasteiger partial charge < -0.3 is 10.0 Å². The Morgan fingerprint density at radius 2 is 1.86 bits per heavy atom.